The second kappa shape index (κ2) is 12.7. The number of carboxylic acid groups (broad SMARTS) is 1. The van der Waals surface area contributed by atoms with Gasteiger partial charge >= 0.3 is 17.9 Å². The van der Waals surface area contributed by atoms with Crippen molar-refractivity contribution in [3.05, 3.63) is 24.0 Å². The fourth-order valence-corrected chi connectivity index (χ4v) is 3.25. The van der Waals surface area contributed by atoms with Crippen LogP contribution in [0.15, 0.2) is 24.0 Å². The van der Waals surface area contributed by atoms with Crippen LogP contribution in [0.5, 0.6) is 0 Å². The lowest BCUT2D eigenvalue weighted by atomic mass is 10.2. The van der Waals surface area contributed by atoms with Gasteiger partial charge in [-0.05, 0) is 33.8 Å². The average Bonchev–Trinajstić information content (AvgIpc) is 2.78. The summed E-state index contributed by atoms with van der Waals surface area (Å²) < 4.78 is 10.0. The monoisotopic (exact) mass is 463 g/mol. The van der Waals surface area contributed by atoms with Crippen LogP contribution in [-0.4, -0.2) is 89.9 Å². The molecule has 33 heavy (non-hydrogen) atoms. The van der Waals surface area contributed by atoms with E-state index in [1.807, 2.05) is 11.8 Å². The van der Waals surface area contributed by atoms with Gasteiger partial charge in [0.25, 0.3) is 0 Å². The molecule has 2 rings (SSSR count). The molecular formula is C22H33N5O6. The lowest BCUT2D eigenvalue weighted by Crippen LogP contribution is -2.47. The normalized spacial score (nSPS) is 14.8. The van der Waals surface area contributed by atoms with Crippen LogP contribution in [-0.2, 0) is 23.9 Å². The molecule has 0 aromatic carbocycles. The second-order valence-corrected chi connectivity index (χ2v) is 7.69. The molecule has 0 aliphatic carbocycles. The van der Waals surface area contributed by atoms with E-state index >= 15 is 0 Å². The predicted molar refractivity (Wildman–Crippen MR) is 122 cm³/mol. The average molecular weight is 464 g/mol. The van der Waals surface area contributed by atoms with Crippen molar-refractivity contribution in [1.82, 2.24) is 14.9 Å². The van der Waals surface area contributed by atoms with Crippen molar-refractivity contribution >= 4 is 29.7 Å². The highest BCUT2D eigenvalue weighted by Gasteiger charge is 2.23. The molecule has 1 aromatic heterocycles. The third kappa shape index (κ3) is 8.01. The number of rotatable bonds is 11. The quantitative estimate of drug-likeness (QED) is 0.221. The molecule has 1 aliphatic heterocycles. The Morgan fingerprint density at radius 2 is 1.91 bits per heavy atom. The van der Waals surface area contributed by atoms with E-state index in [-0.39, 0.29) is 5.97 Å². The van der Waals surface area contributed by atoms with E-state index < -0.39 is 23.6 Å². The lowest BCUT2D eigenvalue weighted by Gasteiger charge is -2.34. The zero-order chi connectivity index (χ0) is 24.4. The Labute approximate surface area is 194 Å². The lowest BCUT2D eigenvalue weighted by molar-refractivity contribution is -0.147. The number of carbonyl (C=O) groups excluding carboxylic acids is 2. The smallest absolute Gasteiger partial charge is 0.347 e. The topological polar surface area (TPSA) is 125 Å². The fraction of sp³-hybridized carbons (Fsp3) is 0.591. The highest BCUT2D eigenvalue weighted by Crippen LogP contribution is 2.18. The summed E-state index contributed by atoms with van der Waals surface area (Å²) in [7, 11) is 0. The minimum Gasteiger partial charge on any atom is -0.477 e. The Hall–Kier alpha value is -3.21. The molecule has 11 nitrogen and oxygen atoms in total. The number of aromatic nitrogens is 2. The number of hydrogen-bond acceptors (Lipinski definition) is 10. The summed E-state index contributed by atoms with van der Waals surface area (Å²) in [6.07, 6.45) is 2.78. The van der Waals surface area contributed by atoms with Gasteiger partial charge in [-0.25, -0.2) is 14.6 Å². The molecule has 0 bridgehead atoms. The highest BCUT2D eigenvalue weighted by molar-refractivity contribution is 6.13. The zero-order valence-electron chi connectivity index (χ0n) is 19.7. The number of nitrogens with zero attached hydrogens (tertiary/aromatic N) is 5. The van der Waals surface area contributed by atoms with E-state index in [2.05, 4.69) is 14.9 Å². The molecule has 1 aromatic rings. The van der Waals surface area contributed by atoms with E-state index in [1.165, 1.54) is 6.20 Å². The first-order valence-corrected chi connectivity index (χ1v) is 11.1. The van der Waals surface area contributed by atoms with Gasteiger partial charge in [-0.3, -0.25) is 9.69 Å². The van der Waals surface area contributed by atoms with Crippen molar-refractivity contribution in [2.24, 2.45) is 0 Å². The Balaban J connectivity index is 2.07. The largest absolute Gasteiger partial charge is 0.477 e. The van der Waals surface area contributed by atoms with Crippen molar-refractivity contribution in [1.29, 1.82) is 0 Å². The number of aliphatic carboxylic acids is 1. The molecule has 182 valence electrons. The van der Waals surface area contributed by atoms with Crippen LogP contribution in [0.4, 0.5) is 11.8 Å². The molecule has 0 spiro atoms. The Morgan fingerprint density at radius 1 is 1.21 bits per heavy atom. The van der Waals surface area contributed by atoms with Gasteiger partial charge in [-0.2, -0.15) is 4.98 Å². The van der Waals surface area contributed by atoms with Gasteiger partial charge in [0.05, 0.1) is 19.1 Å². The van der Waals surface area contributed by atoms with Crippen molar-refractivity contribution in [3.8, 4) is 0 Å². The van der Waals surface area contributed by atoms with E-state index in [0.717, 1.165) is 13.1 Å². The predicted octanol–water partition coefficient (Wildman–Crippen LogP) is 1.30. The van der Waals surface area contributed by atoms with Crippen molar-refractivity contribution in [2.45, 2.75) is 40.2 Å². The summed E-state index contributed by atoms with van der Waals surface area (Å²) >= 11 is 0. The number of carboxylic acids is 1. The van der Waals surface area contributed by atoms with Gasteiger partial charge in [0.15, 0.2) is 5.57 Å². The Bertz CT molecular complexity index is 851. The zero-order valence-corrected chi connectivity index (χ0v) is 19.7. The maximum atomic E-state index is 12.2. The molecule has 0 atom stereocenters. The molecule has 0 radical (unpaired) electrons. The number of esters is 2. The molecule has 0 amide bonds. The minimum absolute atomic E-state index is 0.193. The maximum Gasteiger partial charge on any atom is 0.347 e. The van der Waals surface area contributed by atoms with Gasteiger partial charge in [0.2, 0.25) is 5.95 Å². The van der Waals surface area contributed by atoms with Gasteiger partial charge in [0.1, 0.15) is 5.82 Å². The molecular weight excluding hydrogens is 430 g/mol. The highest BCUT2D eigenvalue weighted by atomic mass is 16.5. The summed E-state index contributed by atoms with van der Waals surface area (Å²) in [5, 5.41) is 9.47. The molecule has 11 heteroatoms. The van der Waals surface area contributed by atoms with Crippen molar-refractivity contribution in [2.75, 3.05) is 55.7 Å². The minimum atomic E-state index is -1.37. The molecule has 0 unspecified atom stereocenters. The third-order valence-corrected chi connectivity index (χ3v) is 4.93. The number of ether oxygens (including phenoxy) is 2. The van der Waals surface area contributed by atoms with E-state index in [0.29, 0.717) is 51.0 Å². The van der Waals surface area contributed by atoms with Crippen LogP contribution in [0, 0.1) is 0 Å². The summed E-state index contributed by atoms with van der Waals surface area (Å²) in [6.45, 7) is 11.2. The maximum absolute atomic E-state index is 12.2. The molecule has 1 aliphatic rings. The van der Waals surface area contributed by atoms with Crippen LogP contribution in [0.2, 0.25) is 0 Å². The first-order chi connectivity index (χ1) is 15.7. The number of anilines is 2. The summed E-state index contributed by atoms with van der Waals surface area (Å²) in [4.78, 5) is 50.1. The first kappa shape index (κ1) is 26.0. The molecule has 1 saturated heterocycles. The van der Waals surface area contributed by atoms with E-state index in [9.17, 15) is 19.5 Å². The van der Waals surface area contributed by atoms with Gasteiger partial charge < -0.3 is 24.4 Å². The fourth-order valence-electron chi connectivity index (χ4n) is 3.25. The Kier molecular flexibility index (Phi) is 10.0. The second-order valence-electron chi connectivity index (χ2n) is 7.69. The van der Waals surface area contributed by atoms with Crippen LogP contribution >= 0.6 is 0 Å². The van der Waals surface area contributed by atoms with Gasteiger partial charge in [-0.15, -0.1) is 0 Å². The summed E-state index contributed by atoms with van der Waals surface area (Å²) in [5.41, 5.74) is -0.471. The summed E-state index contributed by atoms with van der Waals surface area (Å²) in [5.74, 6) is -1.47. The van der Waals surface area contributed by atoms with Crippen LogP contribution in [0.3, 0.4) is 0 Å². The number of carbonyl (C=O) groups is 3. The first-order valence-electron chi connectivity index (χ1n) is 11.1. The molecule has 0 saturated carbocycles. The number of hydrogen-bond donors (Lipinski definition) is 1. The van der Waals surface area contributed by atoms with Crippen LogP contribution < -0.4 is 9.80 Å². The Morgan fingerprint density at radius 3 is 2.48 bits per heavy atom. The van der Waals surface area contributed by atoms with Gasteiger partial charge in [-0.1, -0.05) is 0 Å². The van der Waals surface area contributed by atoms with Crippen LogP contribution in [0.25, 0.3) is 0 Å². The van der Waals surface area contributed by atoms with E-state index in [4.69, 9.17) is 9.47 Å². The molecule has 2 heterocycles. The van der Waals surface area contributed by atoms with Crippen molar-refractivity contribution in [3.63, 3.8) is 0 Å². The van der Waals surface area contributed by atoms with Crippen molar-refractivity contribution < 1.29 is 29.0 Å². The SMILES string of the molecule is CCOC(=O)CCN1CCN(c2nccc(N(C=C(C(=O)O)C(=O)OC(C)C)CC)n2)CC1. The number of piperazine rings is 1. The standard InChI is InChI=1S/C22H33N5O6/c1-5-26(15-17(20(29)30)21(31)33-16(3)4)18-7-9-23-22(24-18)27-13-11-25(12-14-27)10-8-19(28)32-6-2/h7,9,15-16H,5-6,8,10-14H2,1-4H3,(H,29,30). The van der Waals surface area contributed by atoms with E-state index in [1.54, 1.807) is 37.9 Å². The molecule has 1 N–H and O–H groups in total. The van der Waals surface area contributed by atoms with Gasteiger partial charge in [0, 0.05) is 51.7 Å². The molecule has 1 fully saturated rings. The summed E-state index contributed by atoms with van der Waals surface area (Å²) in [6, 6.07) is 1.66. The van der Waals surface area contributed by atoms with Crippen LogP contribution in [0.1, 0.15) is 34.1 Å². The third-order valence-electron chi connectivity index (χ3n) is 4.93.